The van der Waals surface area contributed by atoms with Gasteiger partial charge in [0, 0.05) is 25.7 Å². The lowest BCUT2D eigenvalue weighted by Crippen LogP contribution is -2.14. The molecule has 0 aromatic carbocycles. The number of hydrogen-bond donors (Lipinski definition) is 2. The molecule has 0 aromatic heterocycles. The van der Waals surface area contributed by atoms with Crippen LogP contribution in [0.5, 0.6) is 0 Å². The van der Waals surface area contributed by atoms with Crippen molar-refractivity contribution in [1.82, 2.24) is 0 Å². The number of aliphatic hydroxyl groups excluding tert-OH is 2. The molecule has 0 aliphatic heterocycles. The van der Waals surface area contributed by atoms with Crippen molar-refractivity contribution in [2.24, 2.45) is 0 Å². The van der Waals surface area contributed by atoms with Crippen LogP contribution in [-0.2, 0) is 19.1 Å². The van der Waals surface area contributed by atoms with E-state index in [2.05, 4.69) is 13.8 Å². The zero-order valence-electron chi connectivity index (χ0n) is 16.6. The van der Waals surface area contributed by atoms with Crippen molar-refractivity contribution in [3.8, 4) is 0 Å². The summed E-state index contributed by atoms with van der Waals surface area (Å²) in [5.74, 6) is -0.583. The highest BCUT2D eigenvalue weighted by atomic mass is 16.5. The fourth-order valence-electron chi connectivity index (χ4n) is 2.47. The molecule has 0 spiro atoms. The molecule has 0 aliphatic carbocycles. The first kappa shape index (κ1) is 24.9. The van der Waals surface area contributed by atoms with E-state index in [4.69, 9.17) is 9.47 Å². The van der Waals surface area contributed by atoms with Gasteiger partial charge in [0.05, 0.1) is 25.4 Å². The number of carbonyl (C=O) groups is 2. The van der Waals surface area contributed by atoms with Gasteiger partial charge in [-0.1, -0.05) is 39.5 Å². The van der Waals surface area contributed by atoms with Crippen molar-refractivity contribution < 1.29 is 29.3 Å². The van der Waals surface area contributed by atoms with E-state index < -0.39 is 12.2 Å². The zero-order chi connectivity index (χ0) is 19.6. The minimum Gasteiger partial charge on any atom is -0.466 e. The average Bonchev–Trinajstić information content (AvgIpc) is 2.61. The van der Waals surface area contributed by atoms with E-state index in [9.17, 15) is 19.8 Å². The van der Waals surface area contributed by atoms with Crippen LogP contribution in [0.4, 0.5) is 0 Å². The van der Waals surface area contributed by atoms with Crippen molar-refractivity contribution in [2.75, 3.05) is 13.2 Å². The van der Waals surface area contributed by atoms with E-state index in [1.807, 2.05) is 0 Å². The fraction of sp³-hybridized carbons (Fsp3) is 0.900. The smallest absolute Gasteiger partial charge is 0.305 e. The van der Waals surface area contributed by atoms with E-state index in [0.29, 0.717) is 25.7 Å². The molecule has 2 atom stereocenters. The molecule has 0 aromatic rings. The Kier molecular flexibility index (Phi) is 16.5. The average molecular weight is 375 g/mol. The molecule has 6 heteroatoms. The van der Waals surface area contributed by atoms with Crippen LogP contribution in [0.25, 0.3) is 0 Å². The summed E-state index contributed by atoms with van der Waals surface area (Å²) in [6.45, 7) is 4.62. The Bertz CT molecular complexity index is 324. The SMILES string of the molecule is CCCCC(O)CCOC(=O)CCCCC(=O)OCCC(O)CCCC. The maximum absolute atomic E-state index is 11.6. The molecule has 0 amide bonds. The number of rotatable bonds is 17. The molecule has 0 aliphatic rings. The van der Waals surface area contributed by atoms with Crippen LogP contribution in [0.1, 0.15) is 90.9 Å². The van der Waals surface area contributed by atoms with Gasteiger partial charge in [0.2, 0.25) is 0 Å². The van der Waals surface area contributed by atoms with Gasteiger partial charge in [0.25, 0.3) is 0 Å². The Morgan fingerprint density at radius 3 is 1.42 bits per heavy atom. The first-order chi connectivity index (χ1) is 12.5. The molecule has 0 bridgehead atoms. The largest absolute Gasteiger partial charge is 0.466 e. The highest BCUT2D eigenvalue weighted by Crippen LogP contribution is 2.08. The molecule has 0 saturated heterocycles. The minimum absolute atomic E-state index is 0.242. The molecule has 154 valence electrons. The molecule has 0 fully saturated rings. The third-order valence-electron chi connectivity index (χ3n) is 4.22. The van der Waals surface area contributed by atoms with Gasteiger partial charge in [-0.3, -0.25) is 9.59 Å². The standard InChI is InChI=1S/C20H38O6/c1-3-5-9-17(21)13-15-25-19(23)11-7-8-12-20(24)26-16-14-18(22)10-6-4-2/h17-18,21-22H,3-16H2,1-2H3. The summed E-state index contributed by atoms with van der Waals surface area (Å²) in [4.78, 5) is 23.1. The van der Waals surface area contributed by atoms with Crippen molar-refractivity contribution in [3.05, 3.63) is 0 Å². The van der Waals surface area contributed by atoms with Gasteiger partial charge in [-0.15, -0.1) is 0 Å². The monoisotopic (exact) mass is 374 g/mol. The molecule has 26 heavy (non-hydrogen) atoms. The molecule has 2 N–H and O–H groups in total. The van der Waals surface area contributed by atoms with Crippen LogP contribution in [0, 0.1) is 0 Å². The van der Waals surface area contributed by atoms with Gasteiger partial charge in [-0.05, 0) is 25.7 Å². The van der Waals surface area contributed by atoms with Gasteiger partial charge < -0.3 is 19.7 Å². The van der Waals surface area contributed by atoms with Gasteiger partial charge in [-0.25, -0.2) is 0 Å². The number of unbranched alkanes of at least 4 members (excludes halogenated alkanes) is 3. The van der Waals surface area contributed by atoms with Crippen LogP contribution < -0.4 is 0 Å². The first-order valence-electron chi connectivity index (χ1n) is 10.2. The summed E-state index contributed by atoms with van der Waals surface area (Å²) in [6, 6.07) is 0. The van der Waals surface area contributed by atoms with Crippen molar-refractivity contribution >= 4 is 11.9 Å². The Hall–Kier alpha value is -1.14. The second-order valence-corrected chi connectivity index (χ2v) is 6.82. The molecule has 6 nitrogen and oxygen atoms in total. The third-order valence-corrected chi connectivity index (χ3v) is 4.22. The lowest BCUT2D eigenvalue weighted by Gasteiger charge is -2.11. The van der Waals surface area contributed by atoms with Crippen LogP contribution in [0.2, 0.25) is 0 Å². The Labute approximate surface area is 158 Å². The number of carbonyl (C=O) groups excluding carboxylic acids is 2. The number of esters is 2. The van der Waals surface area contributed by atoms with Gasteiger partial charge in [-0.2, -0.15) is 0 Å². The summed E-state index contributed by atoms with van der Waals surface area (Å²) in [6.07, 6.45) is 7.35. The predicted molar refractivity (Wildman–Crippen MR) is 101 cm³/mol. The van der Waals surface area contributed by atoms with Crippen LogP contribution >= 0.6 is 0 Å². The Morgan fingerprint density at radius 2 is 1.08 bits per heavy atom. The highest BCUT2D eigenvalue weighted by Gasteiger charge is 2.09. The van der Waals surface area contributed by atoms with Gasteiger partial charge >= 0.3 is 11.9 Å². The normalized spacial score (nSPS) is 13.2. The van der Waals surface area contributed by atoms with Crippen LogP contribution in [-0.4, -0.2) is 47.6 Å². The van der Waals surface area contributed by atoms with E-state index in [0.717, 1.165) is 38.5 Å². The third kappa shape index (κ3) is 16.3. The molecular formula is C20H38O6. The molecule has 0 saturated carbocycles. The van der Waals surface area contributed by atoms with E-state index in [1.54, 1.807) is 0 Å². The quantitative estimate of drug-likeness (QED) is 0.299. The summed E-state index contributed by atoms with van der Waals surface area (Å²) in [5.41, 5.74) is 0. The summed E-state index contributed by atoms with van der Waals surface area (Å²) in [5, 5.41) is 19.3. The van der Waals surface area contributed by atoms with Crippen molar-refractivity contribution in [2.45, 2.75) is 103 Å². The lowest BCUT2D eigenvalue weighted by molar-refractivity contribution is -0.146. The minimum atomic E-state index is -0.405. The zero-order valence-corrected chi connectivity index (χ0v) is 16.6. The predicted octanol–water partition coefficient (Wildman–Crippen LogP) is 3.52. The van der Waals surface area contributed by atoms with Crippen LogP contribution in [0.15, 0.2) is 0 Å². The summed E-state index contributed by atoms with van der Waals surface area (Å²) >= 11 is 0. The number of aliphatic hydroxyl groups is 2. The molecule has 0 heterocycles. The molecule has 0 rings (SSSR count). The molecule has 0 radical (unpaired) electrons. The van der Waals surface area contributed by atoms with E-state index >= 15 is 0 Å². The van der Waals surface area contributed by atoms with Gasteiger partial charge in [0.15, 0.2) is 0 Å². The summed E-state index contributed by atoms with van der Waals surface area (Å²) < 4.78 is 10.2. The molecular weight excluding hydrogens is 336 g/mol. The maximum Gasteiger partial charge on any atom is 0.305 e. The second-order valence-electron chi connectivity index (χ2n) is 6.82. The van der Waals surface area contributed by atoms with Crippen molar-refractivity contribution in [3.63, 3.8) is 0 Å². The molecule has 2 unspecified atom stereocenters. The number of ether oxygens (including phenoxy) is 2. The summed E-state index contributed by atoms with van der Waals surface area (Å²) in [7, 11) is 0. The Morgan fingerprint density at radius 1 is 0.692 bits per heavy atom. The topological polar surface area (TPSA) is 93.1 Å². The number of hydrogen-bond acceptors (Lipinski definition) is 6. The van der Waals surface area contributed by atoms with E-state index in [1.165, 1.54) is 0 Å². The highest BCUT2D eigenvalue weighted by molar-refractivity contribution is 5.70. The fourth-order valence-corrected chi connectivity index (χ4v) is 2.47. The second kappa shape index (κ2) is 17.3. The van der Waals surface area contributed by atoms with Gasteiger partial charge in [0.1, 0.15) is 0 Å². The van der Waals surface area contributed by atoms with Crippen molar-refractivity contribution in [1.29, 1.82) is 0 Å². The van der Waals surface area contributed by atoms with Crippen LogP contribution in [0.3, 0.4) is 0 Å². The first-order valence-corrected chi connectivity index (χ1v) is 10.2. The Balaban J connectivity index is 3.51. The van der Waals surface area contributed by atoms with E-state index in [-0.39, 0.29) is 38.0 Å². The lowest BCUT2D eigenvalue weighted by atomic mass is 10.1. The maximum atomic E-state index is 11.6.